The van der Waals surface area contributed by atoms with E-state index in [9.17, 15) is 4.79 Å². The van der Waals surface area contributed by atoms with Gasteiger partial charge in [0.25, 0.3) is 5.91 Å². The first-order valence-electron chi connectivity index (χ1n) is 11.0. The fourth-order valence-corrected chi connectivity index (χ4v) is 5.68. The maximum Gasteiger partial charge on any atom is 0.263 e. The van der Waals surface area contributed by atoms with E-state index in [4.69, 9.17) is 21.3 Å². The predicted molar refractivity (Wildman–Crippen MR) is 132 cm³/mol. The number of nitrogens with one attached hydrogen (secondary N) is 2. The van der Waals surface area contributed by atoms with Crippen LogP contribution in [-0.4, -0.2) is 56.4 Å². The molecule has 2 N–H and O–H groups in total. The van der Waals surface area contributed by atoms with Crippen molar-refractivity contribution in [2.24, 2.45) is 0 Å². The molecule has 0 bridgehead atoms. The van der Waals surface area contributed by atoms with Crippen LogP contribution in [-0.2, 0) is 13.0 Å². The van der Waals surface area contributed by atoms with Crippen molar-refractivity contribution >= 4 is 55.7 Å². The standard InChI is InChI=1S/C23H22ClN7O2S/c1-23(2)10-26-18-16-14(34-19(18)20(32)30-23)5-4-13-17(16)25-8-15(27-13)33-21-11-9-31(3)7-6-12(11)28-22(24)29-21/h4-5,8,26H,6-7,9-10H2,1-3H3,(H,30,32). The summed E-state index contributed by atoms with van der Waals surface area (Å²) in [6.45, 7) is 6.17. The number of hydrogen-bond donors (Lipinski definition) is 2. The molecule has 0 spiro atoms. The minimum Gasteiger partial charge on any atom is -0.418 e. The zero-order chi connectivity index (χ0) is 23.6. The van der Waals surface area contributed by atoms with Gasteiger partial charge in [0.05, 0.1) is 39.7 Å². The molecule has 0 saturated carbocycles. The number of benzene rings is 1. The van der Waals surface area contributed by atoms with Crippen LogP contribution in [0.5, 0.6) is 11.8 Å². The largest absolute Gasteiger partial charge is 0.418 e. The Morgan fingerprint density at radius 3 is 2.94 bits per heavy atom. The molecule has 0 aliphatic carbocycles. The Kier molecular flexibility index (Phi) is 4.87. The van der Waals surface area contributed by atoms with Crippen molar-refractivity contribution in [1.29, 1.82) is 0 Å². The van der Waals surface area contributed by atoms with Gasteiger partial charge in [0, 0.05) is 36.1 Å². The molecule has 0 radical (unpaired) electrons. The lowest BCUT2D eigenvalue weighted by Crippen LogP contribution is -2.46. The van der Waals surface area contributed by atoms with Crippen molar-refractivity contribution in [3.05, 3.63) is 39.7 Å². The van der Waals surface area contributed by atoms with Gasteiger partial charge in [-0.25, -0.2) is 15.0 Å². The normalized spacial score (nSPS) is 17.6. The smallest absolute Gasteiger partial charge is 0.263 e. The van der Waals surface area contributed by atoms with Gasteiger partial charge in [0.15, 0.2) is 0 Å². The summed E-state index contributed by atoms with van der Waals surface area (Å²) in [5, 5.41) is 7.58. The molecule has 174 valence electrons. The van der Waals surface area contributed by atoms with Crippen LogP contribution < -0.4 is 15.4 Å². The zero-order valence-electron chi connectivity index (χ0n) is 18.9. The molecule has 2 aliphatic heterocycles. The fourth-order valence-electron chi connectivity index (χ4n) is 4.42. The number of amides is 1. The van der Waals surface area contributed by atoms with Gasteiger partial charge in [-0.2, -0.15) is 4.98 Å². The number of carbonyl (C=O) groups excluding carboxylic acids is 1. The lowest BCUT2D eigenvalue weighted by atomic mass is 10.1. The highest BCUT2D eigenvalue weighted by Crippen LogP contribution is 2.41. The first kappa shape index (κ1) is 21.5. The summed E-state index contributed by atoms with van der Waals surface area (Å²) in [4.78, 5) is 33.7. The summed E-state index contributed by atoms with van der Waals surface area (Å²) in [5.41, 5.74) is 3.64. The van der Waals surface area contributed by atoms with E-state index in [2.05, 4.69) is 30.5 Å². The Morgan fingerprint density at radius 1 is 1.24 bits per heavy atom. The minimum atomic E-state index is -0.356. The van der Waals surface area contributed by atoms with E-state index in [0.717, 1.165) is 40.0 Å². The highest BCUT2D eigenvalue weighted by atomic mass is 35.5. The number of fused-ring (bicyclic) bond motifs is 6. The number of anilines is 1. The van der Waals surface area contributed by atoms with Crippen molar-refractivity contribution < 1.29 is 9.53 Å². The number of ether oxygens (including phenoxy) is 1. The maximum absolute atomic E-state index is 12.8. The van der Waals surface area contributed by atoms with Crippen LogP contribution in [0.25, 0.3) is 21.1 Å². The molecule has 0 unspecified atom stereocenters. The topological polar surface area (TPSA) is 105 Å². The van der Waals surface area contributed by atoms with Crippen LogP contribution in [0.1, 0.15) is 34.8 Å². The van der Waals surface area contributed by atoms with Crippen LogP contribution in [0.4, 0.5) is 5.69 Å². The van der Waals surface area contributed by atoms with Crippen molar-refractivity contribution in [2.75, 3.05) is 25.5 Å². The lowest BCUT2D eigenvalue weighted by molar-refractivity contribution is 0.0926. The van der Waals surface area contributed by atoms with Gasteiger partial charge in [-0.3, -0.25) is 4.79 Å². The Bertz CT molecular complexity index is 1490. The molecule has 3 aromatic heterocycles. The van der Waals surface area contributed by atoms with Gasteiger partial charge in [0.1, 0.15) is 4.88 Å². The Morgan fingerprint density at radius 2 is 2.09 bits per heavy atom. The summed E-state index contributed by atoms with van der Waals surface area (Å²) in [7, 11) is 2.04. The number of halogens is 1. The molecule has 34 heavy (non-hydrogen) atoms. The number of hydrogen-bond acceptors (Lipinski definition) is 9. The number of carbonyl (C=O) groups is 1. The maximum atomic E-state index is 12.8. The number of rotatable bonds is 2. The van der Waals surface area contributed by atoms with Crippen LogP contribution >= 0.6 is 22.9 Å². The molecule has 11 heteroatoms. The van der Waals surface area contributed by atoms with Crippen molar-refractivity contribution in [1.82, 2.24) is 30.2 Å². The third kappa shape index (κ3) is 3.62. The summed E-state index contributed by atoms with van der Waals surface area (Å²) in [6, 6.07) is 3.86. The van der Waals surface area contributed by atoms with E-state index in [0.29, 0.717) is 40.8 Å². The van der Waals surface area contributed by atoms with Crippen LogP contribution in [0.3, 0.4) is 0 Å². The number of aromatic nitrogens is 4. The molecule has 6 rings (SSSR count). The number of nitrogens with zero attached hydrogens (tertiary/aromatic N) is 5. The van der Waals surface area contributed by atoms with E-state index in [1.807, 2.05) is 33.0 Å². The average Bonchev–Trinajstić information content (AvgIpc) is 3.12. The molecule has 5 heterocycles. The second kappa shape index (κ2) is 7.72. The van der Waals surface area contributed by atoms with Crippen molar-refractivity contribution in [3.8, 4) is 11.8 Å². The van der Waals surface area contributed by atoms with Gasteiger partial charge in [-0.05, 0) is 44.6 Å². The Balaban J connectivity index is 1.42. The molecule has 0 fully saturated rings. The third-order valence-corrected chi connectivity index (χ3v) is 7.42. The Labute approximate surface area is 204 Å². The summed E-state index contributed by atoms with van der Waals surface area (Å²) in [6.07, 6.45) is 2.37. The zero-order valence-corrected chi connectivity index (χ0v) is 20.5. The molecule has 4 aromatic rings. The summed E-state index contributed by atoms with van der Waals surface area (Å²) >= 11 is 7.61. The van der Waals surface area contributed by atoms with Crippen LogP contribution in [0.2, 0.25) is 5.28 Å². The van der Waals surface area contributed by atoms with Crippen LogP contribution in [0, 0.1) is 0 Å². The van der Waals surface area contributed by atoms with E-state index >= 15 is 0 Å². The van der Waals surface area contributed by atoms with Crippen molar-refractivity contribution in [3.63, 3.8) is 0 Å². The summed E-state index contributed by atoms with van der Waals surface area (Å²) in [5.74, 6) is 0.647. The number of thiophene rings is 1. The third-order valence-electron chi connectivity index (χ3n) is 6.09. The van der Waals surface area contributed by atoms with E-state index in [1.165, 1.54) is 11.3 Å². The second-order valence-electron chi connectivity index (χ2n) is 9.33. The van der Waals surface area contributed by atoms with Gasteiger partial charge >= 0.3 is 0 Å². The van der Waals surface area contributed by atoms with Gasteiger partial charge < -0.3 is 20.3 Å². The van der Waals surface area contributed by atoms with E-state index in [1.54, 1.807) is 6.20 Å². The summed E-state index contributed by atoms with van der Waals surface area (Å²) < 4.78 is 7.05. The first-order chi connectivity index (χ1) is 16.3. The fraction of sp³-hybridized carbons (Fsp3) is 0.348. The van der Waals surface area contributed by atoms with Crippen molar-refractivity contribution in [2.45, 2.75) is 32.4 Å². The van der Waals surface area contributed by atoms with Gasteiger partial charge in [0.2, 0.25) is 17.0 Å². The molecule has 1 amide bonds. The highest BCUT2D eigenvalue weighted by Gasteiger charge is 2.30. The first-order valence-corrected chi connectivity index (χ1v) is 12.2. The molecule has 0 saturated heterocycles. The Hall–Kier alpha value is -3.08. The van der Waals surface area contributed by atoms with Gasteiger partial charge in [-0.15, -0.1) is 11.3 Å². The molecule has 9 nitrogen and oxygen atoms in total. The predicted octanol–water partition coefficient (Wildman–Crippen LogP) is 4.00. The average molecular weight is 496 g/mol. The minimum absolute atomic E-state index is 0.0809. The second-order valence-corrected chi connectivity index (χ2v) is 10.7. The molecular formula is C23H22ClN7O2S. The molecule has 0 atom stereocenters. The molecule has 2 aliphatic rings. The van der Waals surface area contributed by atoms with Gasteiger partial charge in [-0.1, -0.05) is 0 Å². The monoisotopic (exact) mass is 495 g/mol. The SMILES string of the molecule is CN1CCc2nc(Cl)nc(Oc3cnc4c(ccc5sc6c(c54)NCC(C)(C)NC6=O)n3)c2C1. The van der Waals surface area contributed by atoms with Crippen LogP contribution in [0.15, 0.2) is 18.3 Å². The highest BCUT2D eigenvalue weighted by molar-refractivity contribution is 7.21. The van der Waals surface area contributed by atoms with E-state index < -0.39 is 0 Å². The van der Waals surface area contributed by atoms with E-state index in [-0.39, 0.29) is 16.7 Å². The number of likely N-dealkylation sites (N-methyl/N-ethyl adjacent to an activating group) is 1. The molecule has 1 aromatic carbocycles. The quantitative estimate of drug-likeness (QED) is 0.402. The molecular weight excluding hydrogens is 474 g/mol. The lowest BCUT2D eigenvalue weighted by Gasteiger charge is -2.25.